The summed E-state index contributed by atoms with van der Waals surface area (Å²) >= 11 is 0. The van der Waals surface area contributed by atoms with Crippen molar-refractivity contribution >= 4 is 11.7 Å². The SMILES string of the molecule is CCOc1cccc(C2C(C#N)=C(N)Oc3cc(OC(=O)COc4ccc([N+](=O)[O-])cc4)ccc32)c1. The first-order valence-corrected chi connectivity index (χ1v) is 10.9. The van der Waals surface area contributed by atoms with E-state index in [2.05, 4.69) is 6.07 Å². The molecule has 0 saturated carbocycles. The summed E-state index contributed by atoms with van der Waals surface area (Å²) < 4.78 is 22.0. The number of nitriles is 1. The molecule has 0 radical (unpaired) electrons. The van der Waals surface area contributed by atoms with Crippen LogP contribution in [0.1, 0.15) is 24.0 Å². The van der Waals surface area contributed by atoms with Crippen molar-refractivity contribution in [3.8, 4) is 29.1 Å². The lowest BCUT2D eigenvalue weighted by molar-refractivity contribution is -0.384. The molecule has 0 aliphatic carbocycles. The zero-order valence-electron chi connectivity index (χ0n) is 19.2. The lowest BCUT2D eigenvalue weighted by atomic mass is 9.83. The molecule has 1 heterocycles. The van der Waals surface area contributed by atoms with Crippen molar-refractivity contribution in [2.45, 2.75) is 12.8 Å². The monoisotopic (exact) mass is 487 g/mol. The molecule has 4 rings (SSSR count). The van der Waals surface area contributed by atoms with E-state index >= 15 is 0 Å². The fourth-order valence-corrected chi connectivity index (χ4v) is 3.76. The lowest BCUT2D eigenvalue weighted by Gasteiger charge is -2.27. The van der Waals surface area contributed by atoms with Gasteiger partial charge in [0.15, 0.2) is 6.61 Å². The molecule has 0 fully saturated rings. The number of rotatable bonds is 8. The van der Waals surface area contributed by atoms with E-state index < -0.39 is 23.4 Å². The normalized spacial score (nSPS) is 14.2. The minimum atomic E-state index is -0.689. The van der Waals surface area contributed by atoms with Crippen LogP contribution in [0.5, 0.6) is 23.0 Å². The van der Waals surface area contributed by atoms with E-state index in [0.717, 1.165) is 5.56 Å². The Morgan fingerprint density at radius 3 is 2.53 bits per heavy atom. The fraction of sp³-hybridized carbons (Fsp3) is 0.154. The number of benzene rings is 3. The summed E-state index contributed by atoms with van der Waals surface area (Å²) in [5.41, 5.74) is 7.70. The van der Waals surface area contributed by atoms with Crippen LogP contribution in [0.3, 0.4) is 0 Å². The van der Waals surface area contributed by atoms with E-state index in [-0.39, 0.29) is 28.6 Å². The van der Waals surface area contributed by atoms with Gasteiger partial charge in [-0.3, -0.25) is 10.1 Å². The Morgan fingerprint density at radius 2 is 1.83 bits per heavy atom. The number of carbonyl (C=O) groups is 1. The van der Waals surface area contributed by atoms with Crippen molar-refractivity contribution in [2.24, 2.45) is 5.73 Å². The number of ether oxygens (including phenoxy) is 4. The highest BCUT2D eigenvalue weighted by molar-refractivity contribution is 5.74. The molecule has 36 heavy (non-hydrogen) atoms. The molecule has 10 nitrogen and oxygen atoms in total. The second kappa shape index (κ2) is 10.5. The van der Waals surface area contributed by atoms with Crippen LogP contribution >= 0.6 is 0 Å². The van der Waals surface area contributed by atoms with Crippen molar-refractivity contribution in [3.63, 3.8) is 0 Å². The van der Waals surface area contributed by atoms with Gasteiger partial charge in [-0.15, -0.1) is 0 Å². The third kappa shape index (κ3) is 5.20. The van der Waals surface area contributed by atoms with Crippen molar-refractivity contribution in [3.05, 3.63) is 99.4 Å². The van der Waals surface area contributed by atoms with Gasteiger partial charge in [-0.05, 0) is 42.8 Å². The van der Waals surface area contributed by atoms with Gasteiger partial charge in [0.05, 0.1) is 17.4 Å². The van der Waals surface area contributed by atoms with E-state index in [4.69, 9.17) is 24.7 Å². The maximum Gasteiger partial charge on any atom is 0.349 e. The summed E-state index contributed by atoms with van der Waals surface area (Å²) in [6.07, 6.45) is 0. The summed E-state index contributed by atoms with van der Waals surface area (Å²) in [5.74, 6) is 0.270. The lowest BCUT2D eigenvalue weighted by Crippen LogP contribution is -2.21. The van der Waals surface area contributed by atoms with E-state index in [1.54, 1.807) is 12.1 Å². The van der Waals surface area contributed by atoms with Gasteiger partial charge in [-0.25, -0.2) is 4.79 Å². The molecule has 1 unspecified atom stereocenters. The van der Waals surface area contributed by atoms with Crippen LogP contribution < -0.4 is 24.7 Å². The largest absolute Gasteiger partial charge is 0.494 e. The third-order valence-electron chi connectivity index (χ3n) is 5.33. The summed E-state index contributed by atoms with van der Waals surface area (Å²) in [6, 6.07) is 19.6. The molecule has 3 aromatic carbocycles. The number of hydrogen-bond acceptors (Lipinski definition) is 9. The predicted molar refractivity (Wildman–Crippen MR) is 128 cm³/mol. The van der Waals surface area contributed by atoms with E-state index in [0.29, 0.717) is 23.7 Å². The first-order chi connectivity index (χ1) is 17.4. The first kappa shape index (κ1) is 24.1. The standard InChI is InChI=1S/C26H21N3O7/c1-2-33-19-5-3-4-16(12-19)25-21-11-10-20(13-23(21)36-26(28)22(25)14-27)35-24(30)15-34-18-8-6-17(7-9-18)29(31)32/h3-13,25H,2,15,28H2,1H3. The quantitative estimate of drug-likeness (QED) is 0.214. The molecule has 0 bridgehead atoms. The number of nitrogens with zero attached hydrogens (tertiary/aromatic N) is 2. The first-order valence-electron chi connectivity index (χ1n) is 10.9. The summed E-state index contributed by atoms with van der Waals surface area (Å²) in [7, 11) is 0. The van der Waals surface area contributed by atoms with Crippen molar-refractivity contribution in [1.82, 2.24) is 0 Å². The Bertz CT molecular complexity index is 1380. The molecule has 1 aliphatic heterocycles. The zero-order valence-corrected chi connectivity index (χ0v) is 19.2. The average molecular weight is 487 g/mol. The number of esters is 1. The van der Waals surface area contributed by atoms with E-state index in [1.165, 1.54) is 30.3 Å². The number of nitro groups is 1. The van der Waals surface area contributed by atoms with Crippen LogP contribution in [0.2, 0.25) is 0 Å². The van der Waals surface area contributed by atoms with Gasteiger partial charge in [0.25, 0.3) is 5.69 Å². The number of hydrogen-bond donors (Lipinski definition) is 1. The highest BCUT2D eigenvalue weighted by atomic mass is 16.6. The number of fused-ring (bicyclic) bond motifs is 1. The summed E-state index contributed by atoms with van der Waals surface area (Å²) in [6.45, 7) is 1.97. The van der Waals surface area contributed by atoms with Gasteiger partial charge in [-0.2, -0.15) is 5.26 Å². The van der Waals surface area contributed by atoms with Crippen LogP contribution in [0, 0.1) is 21.4 Å². The predicted octanol–water partition coefficient (Wildman–Crippen LogP) is 4.20. The molecule has 0 saturated heterocycles. The van der Waals surface area contributed by atoms with Crippen molar-refractivity contribution in [1.29, 1.82) is 5.26 Å². The number of nitro benzene ring substituents is 1. The molecule has 0 spiro atoms. The molecule has 1 atom stereocenters. The number of non-ortho nitro benzene ring substituents is 1. The molecule has 10 heteroatoms. The zero-order chi connectivity index (χ0) is 25.7. The van der Waals surface area contributed by atoms with Gasteiger partial charge >= 0.3 is 5.97 Å². The molecular weight excluding hydrogens is 466 g/mol. The van der Waals surface area contributed by atoms with Gasteiger partial charge in [-0.1, -0.05) is 18.2 Å². The van der Waals surface area contributed by atoms with Crippen molar-refractivity contribution < 1.29 is 28.7 Å². The molecule has 1 aliphatic rings. The van der Waals surface area contributed by atoms with Gasteiger partial charge in [0, 0.05) is 23.8 Å². The van der Waals surface area contributed by atoms with Crippen LogP contribution in [-0.4, -0.2) is 24.1 Å². The molecule has 0 aromatic heterocycles. The second-order valence-corrected chi connectivity index (χ2v) is 7.64. The van der Waals surface area contributed by atoms with Crippen LogP contribution in [0.25, 0.3) is 0 Å². The highest BCUT2D eigenvalue weighted by Crippen LogP contribution is 2.44. The fourth-order valence-electron chi connectivity index (χ4n) is 3.76. The number of carbonyl (C=O) groups excluding carboxylic acids is 1. The van der Waals surface area contributed by atoms with E-state index in [1.807, 2.05) is 31.2 Å². The Labute approximate surface area is 206 Å². The molecular formula is C26H21N3O7. The topological polar surface area (TPSA) is 147 Å². The molecule has 3 aromatic rings. The highest BCUT2D eigenvalue weighted by Gasteiger charge is 2.31. The maximum atomic E-state index is 12.3. The number of nitrogens with two attached hydrogens (primary N) is 1. The molecule has 182 valence electrons. The van der Waals surface area contributed by atoms with Gasteiger partial charge in [0.1, 0.15) is 34.6 Å². The van der Waals surface area contributed by atoms with Gasteiger partial charge < -0.3 is 24.7 Å². The minimum absolute atomic E-state index is 0.0400. The second-order valence-electron chi connectivity index (χ2n) is 7.64. The molecule has 0 amide bonds. The Balaban J connectivity index is 1.51. The van der Waals surface area contributed by atoms with Crippen LogP contribution in [0.4, 0.5) is 5.69 Å². The summed E-state index contributed by atoms with van der Waals surface area (Å²) in [5, 5.41) is 20.5. The maximum absolute atomic E-state index is 12.3. The third-order valence-corrected chi connectivity index (χ3v) is 5.33. The van der Waals surface area contributed by atoms with Gasteiger partial charge in [0.2, 0.25) is 5.88 Å². The van der Waals surface area contributed by atoms with Crippen molar-refractivity contribution in [2.75, 3.05) is 13.2 Å². The Hall–Kier alpha value is -5.04. The minimum Gasteiger partial charge on any atom is -0.494 e. The van der Waals surface area contributed by atoms with Crippen LogP contribution in [-0.2, 0) is 4.79 Å². The Kier molecular flexibility index (Phi) is 7.02. The van der Waals surface area contributed by atoms with Crippen LogP contribution in [0.15, 0.2) is 78.2 Å². The Morgan fingerprint density at radius 1 is 1.08 bits per heavy atom. The average Bonchev–Trinajstić information content (AvgIpc) is 2.87. The van der Waals surface area contributed by atoms with E-state index in [9.17, 15) is 20.2 Å². The molecule has 2 N–H and O–H groups in total. The number of allylic oxidation sites excluding steroid dienone is 1. The summed E-state index contributed by atoms with van der Waals surface area (Å²) in [4.78, 5) is 22.5. The smallest absolute Gasteiger partial charge is 0.349 e.